The largest absolute Gasteiger partial charge is 0.488 e. The van der Waals surface area contributed by atoms with Gasteiger partial charge in [0, 0.05) is 6.20 Å². The van der Waals surface area contributed by atoms with E-state index in [4.69, 9.17) is 4.74 Å². The molecular formula is C12H14F3NO. The van der Waals surface area contributed by atoms with E-state index in [1.54, 1.807) is 13.8 Å². The van der Waals surface area contributed by atoms with Crippen molar-refractivity contribution < 1.29 is 17.9 Å². The molecule has 0 amide bonds. The highest BCUT2D eigenvalue weighted by molar-refractivity contribution is 5.41. The first kappa shape index (κ1) is 12.2. The summed E-state index contributed by atoms with van der Waals surface area (Å²) < 4.78 is 44.4. The van der Waals surface area contributed by atoms with Crippen LogP contribution in [0.5, 0.6) is 5.75 Å². The summed E-state index contributed by atoms with van der Waals surface area (Å²) >= 11 is 0. The molecule has 1 aliphatic rings. The van der Waals surface area contributed by atoms with Crippen LogP contribution in [0.25, 0.3) is 0 Å². The Morgan fingerprint density at radius 1 is 1.29 bits per heavy atom. The number of hydrogen-bond donors (Lipinski definition) is 0. The van der Waals surface area contributed by atoms with Crippen molar-refractivity contribution in [2.75, 3.05) is 0 Å². The molecule has 1 heterocycles. The highest BCUT2D eigenvalue weighted by Crippen LogP contribution is 2.42. The minimum absolute atomic E-state index is 0.0692. The van der Waals surface area contributed by atoms with Crippen molar-refractivity contribution in [1.29, 1.82) is 0 Å². The molecule has 0 saturated heterocycles. The van der Waals surface area contributed by atoms with Crippen LogP contribution in [0.4, 0.5) is 13.2 Å². The standard InChI is InChI=1S/C12H14F3NO/c1-7(2)9-5-16-6-10(17-8-3-4-8)11(9)12(13,14)15/h5-8H,3-4H2,1-2H3. The van der Waals surface area contributed by atoms with E-state index >= 15 is 0 Å². The third kappa shape index (κ3) is 2.70. The Morgan fingerprint density at radius 2 is 1.94 bits per heavy atom. The molecule has 0 bridgehead atoms. The predicted octanol–water partition coefficient (Wildman–Crippen LogP) is 3.77. The van der Waals surface area contributed by atoms with Crippen LogP contribution in [-0.2, 0) is 6.18 Å². The summed E-state index contributed by atoms with van der Waals surface area (Å²) in [6.07, 6.45) is -0.389. The summed E-state index contributed by atoms with van der Waals surface area (Å²) in [6, 6.07) is 0. The topological polar surface area (TPSA) is 22.1 Å². The van der Waals surface area contributed by atoms with Crippen LogP contribution >= 0.6 is 0 Å². The molecule has 0 N–H and O–H groups in total. The van der Waals surface area contributed by atoms with Gasteiger partial charge in [-0.05, 0) is 24.3 Å². The van der Waals surface area contributed by atoms with Crippen LogP contribution in [0.3, 0.4) is 0 Å². The van der Waals surface area contributed by atoms with Gasteiger partial charge >= 0.3 is 6.18 Å². The molecule has 1 aromatic heterocycles. The second-order valence-corrected chi connectivity index (χ2v) is 4.57. The van der Waals surface area contributed by atoms with E-state index < -0.39 is 11.7 Å². The van der Waals surface area contributed by atoms with Crippen LogP contribution in [-0.4, -0.2) is 11.1 Å². The van der Waals surface area contributed by atoms with Crippen molar-refractivity contribution in [3.8, 4) is 5.75 Å². The average molecular weight is 245 g/mol. The van der Waals surface area contributed by atoms with Gasteiger partial charge in [-0.1, -0.05) is 13.8 Å². The van der Waals surface area contributed by atoms with Gasteiger partial charge in [0.15, 0.2) is 5.75 Å². The highest BCUT2D eigenvalue weighted by atomic mass is 19.4. The van der Waals surface area contributed by atoms with E-state index in [0.717, 1.165) is 19.0 Å². The maximum atomic E-state index is 13.0. The Bertz CT molecular complexity index is 411. The van der Waals surface area contributed by atoms with Gasteiger partial charge in [-0.2, -0.15) is 13.2 Å². The maximum Gasteiger partial charge on any atom is 0.420 e. The second kappa shape index (κ2) is 4.20. The molecule has 2 rings (SSSR count). The Kier molecular flexibility index (Phi) is 3.02. The van der Waals surface area contributed by atoms with Gasteiger partial charge in [0.1, 0.15) is 5.56 Å². The monoisotopic (exact) mass is 245 g/mol. The zero-order valence-electron chi connectivity index (χ0n) is 9.71. The van der Waals surface area contributed by atoms with Crippen molar-refractivity contribution in [2.45, 2.75) is 44.9 Å². The van der Waals surface area contributed by atoms with Gasteiger partial charge < -0.3 is 4.74 Å². The number of aromatic nitrogens is 1. The second-order valence-electron chi connectivity index (χ2n) is 4.57. The molecule has 2 nitrogen and oxygen atoms in total. The van der Waals surface area contributed by atoms with Gasteiger partial charge in [0.25, 0.3) is 0 Å². The van der Waals surface area contributed by atoms with Crippen LogP contribution in [0.1, 0.15) is 43.7 Å². The first-order chi connectivity index (χ1) is 7.89. The SMILES string of the molecule is CC(C)c1cncc(OC2CC2)c1C(F)(F)F. The van der Waals surface area contributed by atoms with E-state index in [2.05, 4.69) is 4.98 Å². The van der Waals surface area contributed by atoms with E-state index in [0.29, 0.717) is 0 Å². The first-order valence-electron chi connectivity index (χ1n) is 5.61. The number of nitrogens with zero attached hydrogens (tertiary/aromatic N) is 1. The van der Waals surface area contributed by atoms with Crippen molar-refractivity contribution >= 4 is 0 Å². The average Bonchev–Trinajstić information content (AvgIpc) is 2.99. The lowest BCUT2D eigenvalue weighted by molar-refractivity contribution is -0.139. The summed E-state index contributed by atoms with van der Waals surface area (Å²) in [5.74, 6) is -0.368. The van der Waals surface area contributed by atoms with E-state index in [1.807, 2.05) is 0 Å². The minimum atomic E-state index is -4.40. The summed E-state index contributed by atoms with van der Waals surface area (Å²) in [4.78, 5) is 3.84. The molecule has 0 spiro atoms. The van der Waals surface area contributed by atoms with Gasteiger partial charge in [0.2, 0.25) is 0 Å². The van der Waals surface area contributed by atoms with Gasteiger partial charge in [-0.15, -0.1) is 0 Å². The smallest absolute Gasteiger partial charge is 0.420 e. The number of rotatable bonds is 3. The summed E-state index contributed by atoms with van der Waals surface area (Å²) in [7, 11) is 0. The third-order valence-electron chi connectivity index (χ3n) is 2.66. The highest BCUT2D eigenvalue weighted by Gasteiger charge is 2.39. The molecule has 0 aliphatic heterocycles. The number of hydrogen-bond acceptors (Lipinski definition) is 2. The Balaban J connectivity index is 2.45. The molecule has 0 radical (unpaired) electrons. The molecule has 94 valence electrons. The third-order valence-corrected chi connectivity index (χ3v) is 2.66. The van der Waals surface area contributed by atoms with Gasteiger partial charge in [0.05, 0.1) is 12.3 Å². The zero-order chi connectivity index (χ0) is 12.6. The molecular weight excluding hydrogens is 231 g/mol. The molecule has 0 unspecified atom stereocenters. The van der Waals surface area contributed by atoms with Crippen molar-refractivity contribution in [2.24, 2.45) is 0 Å². The van der Waals surface area contributed by atoms with E-state index in [1.165, 1.54) is 6.20 Å². The van der Waals surface area contributed by atoms with Gasteiger partial charge in [-0.25, -0.2) is 0 Å². The fraction of sp³-hybridized carbons (Fsp3) is 0.583. The Labute approximate surface area is 97.8 Å². The Morgan fingerprint density at radius 3 is 2.41 bits per heavy atom. The fourth-order valence-corrected chi connectivity index (χ4v) is 1.65. The maximum absolute atomic E-state index is 13.0. The van der Waals surface area contributed by atoms with Crippen LogP contribution in [0.15, 0.2) is 12.4 Å². The lowest BCUT2D eigenvalue weighted by atomic mass is 9.98. The number of halogens is 3. The van der Waals surface area contributed by atoms with Crippen LogP contribution in [0, 0.1) is 0 Å². The quantitative estimate of drug-likeness (QED) is 0.808. The predicted molar refractivity (Wildman–Crippen MR) is 57.0 cm³/mol. The molecule has 0 atom stereocenters. The normalized spacial score (nSPS) is 16.4. The molecule has 1 fully saturated rings. The van der Waals surface area contributed by atoms with Crippen molar-refractivity contribution in [1.82, 2.24) is 4.98 Å². The number of alkyl halides is 3. The lowest BCUT2D eigenvalue weighted by Crippen LogP contribution is -2.14. The number of ether oxygens (including phenoxy) is 1. The summed E-state index contributed by atoms with van der Waals surface area (Å²) in [6.45, 7) is 3.43. The van der Waals surface area contributed by atoms with E-state index in [9.17, 15) is 13.2 Å². The zero-order valence-corrected chi connectivity index (χ0v) is 9.71. The van der Waals surface area contributed by atoms with E-state index in [-0.39, 0.29) is 23.3 Å². The molecule has 17 heavy (non-hydrogen) atoms. The summed E-state index contributed by atoms with van der Waals surface area (Å²) in [5, 5.41) is 0. The molecule has 5 heteroatoms. The van der Waals surface area contributed by atoms with Crippen LogP contribution in [0.2, 0.25) is 0 Å². The fourth-order valence-electron chi connectivity index (χ4n) is 1.65. The van der Waals surface area contributed by atoms with Crippen LogP contribution < -0.4 is 4.74 Å². The van der Waals surface area contributed by atoms with Crippen molar-refractivity contribution in [3.05, 3.63) is 23.5 Å². The molecule has 0 aromatic carbocycles. The lowest BCUT2D eigenvalue weighted by Gasteiger charge is -2.18. The molecule has 1 saturated carbocycles. The first-order valence-corrected chi connectivity index (χ1v) is 5.61. The molecule has 1 aromatic rings. The summed E-state index contributed by atoms with van der Waals surface area (Å²) in [5.41, 5.74) is -0.481. The number of pyridine rings is 1. The van der Waals surface area contributed by atoms with Gasteiger partial charge in [-0.3, -0.25) is 4.98 Å². The minimum Gasteiger partial charge on any atom is -0.488 e. The van der Waals surface area contributed by atoms with Crippen molar-refractivity contribution in [3.63, 3.8) is 0 Å². The Hall–Kier alpha value is -1.26. The molecule has 1 aliphatic carbocycles.